The van der Waals surface area contributed by atoms with Gasteiger partial charge in [-0.15, -0.1) is 10.2 Å². The number of anilines is 2. The molecule has 180 valence electrons. The second-order valence-corrected chi connectivity index (χ2v) is 11.9. The van der Waals surface area contributed by atoms with E-state index in [1.165, 1.54) is 23.1 Å². The van der Waals surface area contributed by atoms with Crippen molar-refractivity contribution in [2.45, 2.75) is 74.9 Å². The van der Waals surface area contributed by atoms with Crippen molar-refractivity contribution in [3.63, 3.8) is 0 Å². The summed E-state index contributed by atoms with van der Waals surface area (Å²) in [5.41, 5.74) is 1.61. The lowest BCUT2D eigenvalue weighted by Gasteiger charge is -2.17. The van der Waals surface area contributed by atoms with E-state index in [2.05, 4.69) is 36.3 Å². The number of aromatic nitrogens is 4. The maximum Gasteiger partial charge on any atom is 0.238 e. The van der Waals surface area contributed by atoms with Crippen LogP contribution in [0, 0.1) is 0 Å². The number of thioether (sulfide) groups is 1. The minimum atomic E-state index is -0.408. The van der Waals surface area contributed by atoms with Crippen LogP contribution in [-0.2, 0) is 15.0 Å². The molecule has 0 unspecified atom stereocenters. The van der Waals surface area contributed by atoms with Gasteiger partial charge in [-0.05, 0) is 31.9 Å². The monoisotopic (exact) mass is 498 g/mol. The van der Waals surface area contributed by atoms with Gasteiger partial charge in [-0.2, -0.15) is 5.10 Å². The van der Waals surface area contributed by atoms with Crippen LogP contribution in [0.2, 0.25) is 0 Å². The third-order valence-electron chi connectivity index (χ3n) is 5.46. The highest BCUT2D eigenvalue weighted by molar-refractivity contribution is 8.02. The second-order valence-electron chi connectivity index (χ2n) is 9.36. The van der Waals surface area contributed by atoms with Crippen LogP contribution < -0.4 is 10.2 Å². The molecule has 0 bridgehead atoms. The Labute approximate surface area is 208 Å². The molecule has 1 saturated carbocycles. The van der Waals surface area contributed by atoms with Crippen LogP contribution in [0.1, 0.15) is 59.6 Å². The lowest BCUT2D eigenvalue weighted by molar-refractivity contribution is -0.118. The molecular formula is C24H30N6O2S2. The third-order valence-corrected chi connectivity index (χ3v) is 7.57. The summed E-state index contributed by atoms with van der Waals surface area (Å²) in [6, 6.07) is 11.9. The average molecular weight is 499 g/mol. The average Bonchev–Trinajstić information content (AvgIpc) is 3.36. The van der Waals surface area contributed by atoms with Gasteiger partial charge in [0.2, 0.25) is 16.9 Å². The van der Waals surface area contributed by atoms with E-state index >= 15 is 0 Å². The molecule has 10 heteroatoms. The number of carbonyl (C=O) groups is 2. The van der Waals surface area contributed by atoms with Gasteiger partial charge in [0, 0.05) is 23.9 Å². The van der Waals surface area contributed by atoms with Crippen molar-refractivity contribution in [2.75, 3.05) is 10.2 Å². The first kappa shape index (κ1) is 24.4. The minimum Gasteiger partial charge on any atom is -0.310 e. The van der Waals surface area contributed by atoms with Gasteiger partial charge in [-0.25, -0.2) is 4.68 Å². The van der Waals surface area contributed by atoms with E-state index < -0.39 is 5.25 Å². The van der Waals surface area contributed by atoms with Crippen LogP contribution in [0.15, 0.2) is 40.7 Å². The van der Waals surface area contributed by atoms with E-state index in [1.807, 2.05) is 50.2 Å². The zero-order valence-electron chi connectivity index (χ0n) is 20.1. The normalized spacial score (nSPS) is 14.6. The van der Waals surface area contributed by atoms with Crippen LogP contribution >= 0.6 is 23.1 Å². The van der Waals surface area contributed by atoms with Crippen molar-refractivity contribution in [3.05, 3.63) is 42.1 Å². The molecule has 1 fully saturated rings. The fourth-order valence-electron chi connectivity index (χ4n) is 3.35. The highest BCUT2D eigenvalue weighted by Crippen LogP contribution is 2.37. The van der Waals surface area contributed by atoms with E-state index in [0.29, 0.717) is 21.7 Å². The highest BCUT2D eigenvalue weighted by atomic mass is 32.2. The number of hydrogen-bond donors (Lipinski definition) is 1. The molecule has 1 N–H and O–H groups in total. The fourth-order valence-corrected chi connectivity index (χ4v) is 5.43. The number of para-hydroxylation sites is 1. The molecule has 1 atom stereocenters. The molecule has 0 aliphatic heterocycles. The van der Waals surface area contributed by atoms with Crippen molar-refractivity contribution >= 4 is 45.9 Å². The number of carbonyl (C=O) groups excluding carboxylic acids is 2. The number of hydrogen-bond acceptors (Lipinski definition) is 7. The Morgan fingerprint density at radius 3 is 2.56 bits per heavy atom. The zero-order valence-corrected chi connectivity index (χ0v) is 21.7. The SMILES string of the molecule is CCC(=O)N(c1nnc(S[C@H](C)C(=O)Nc2cc(C(C)(C)C)nn2-c2ccccc2)s1)C1CC1. The Kier molecular flexibility index (Phi) is 7.09. The smallest absolute Gasteiger partial charge is 0.238 e. The van der Waals surface area contributed by atoms with Gasteiger partial charge in [0.1, 0.15) is 5.82 Å². The van der Waals surface area contributed by atoms with E-state index in [-0.39, 0.29) is 23.3 Å². The highest BCUT2D eigenvalue weighted by Gasteiger charge is 2.35. The number of amides is 2. The van der Waals surface area contributed by atoms with Gasteiger partial charge in [-0.3, -0.25) is 14.5 Å². The summed E-state index contributed by atoms with van der Waals surface area (Å²) in [4.78, 5) is 27.2. The third kappa shape index (κ3) is 5.50. The summed E-state index contributed by atoms with van der Waals surface area (Å²) in [5, 5.41) is 16.5. The van der Waals surface area contributed by atoms with Crippen molar-refractivity contribution < 1.29 is 9.59 Å². The van der Waals surface area contributed by atoms with Crippen molar-refractivity contribution in [1.29, 1.82) is 0 Å². The summed E-state index contributed by atoms with van der Waals surface area (Å²) in [6.45, 7) is 9.97. The standard InChI is InChI=1S/C24H30N6O2S2/c1-6-20(31)29(16-12-13-16)22-26-27-23(34-22)33-15(2)21(32)25-19-14-18(24(3,4)5)28-30(19)17-10-8-7-9-11-17/h7-11,14-16H,6,12-13H2,1-5H3,(H,25,32)/t15-/m1/s1. The molecule has 2 amide bonds. The van der Waals surface area contributed by atoms with Crippen LogP contribution in [0.25, 0.3) is 5.69 Å². The second kappa shape index (κ2) is 9.87. The van der Waals surface area contributed by atoms with Crippen LogP contribution in [-0.4, -0.2) is 43.1 Å². The maximum atomic E-state index is 13.1. The Morgan fingerprint density at radius 2 is 1.94 bits per heavy atom. The fraction of sp³-hybridized carbons (Fsp3) is 0.458. The Morgan fingerprint density at radius 1 is 1.24 bits per heavy atom. The molecule has 2 heterocycles. The molecule has 0 spiro atoms. The number of rotatable bonds is 8. The zero-order chi connectivity index (χ0) is 24.5. The summed E-state index contributed by atoms with van der Waals surface area (Å²) in [7, 11) is 0. The van der Waals surface area contributed by atoms with Gasteiger partial charge in [0.15, 0.2) is 4.34 Å². The number of nitrogens with one attached hydrogen (secondary N) is 1. The van der Waals surface area contributed by atoms with Crippen molar-refractivity contribution in [3.8, 4) is 5.69 Å². The summed E-state index contributed by atoms with van der Waals surface area (Å²) in [5.74, 6) is 0.535. The van der Waals surface area contributed by atoms with Crippen LogP contribution in [0.4, 0.5) is 10.9 Å². The molecule has 3 aromatic rings. The maximum absolute atomic E-state index is 13.1. The predicted molar refractivity (Wildman–Crippen MR) is 137 cm³/mol. The number of nitrogens with zero attached hydrogens (tertiary/aromatic N) is 5. The summed E-state index contributed by atoms with van der Waals surface area (Å²) >= 11 is 2.70. The first-order chi connectivity index (χ1) is 16.2. The summed E-state index contributed by atoms with van der Waals surface area (Å²) < 4.78 is 2.43. The molecule has 0 radical (unpaired) electrons. The van der Waals surface area contributed by atoms with E-state index in [1.54, 1.807) is 9.58 Å². The Bertz CT molecular complexity index is 1160. The lowest BCUT2D eigenvalue weighted by atomic mass is 9.92. The van der Waals surface area contributed by atoms with Gasteiger partial charge >= 0.3 is 0 Å². The first-order valence-corrected chi connectivity index (χ1v) is 13.2. The molecule has 2 aromatic heterocycles. The lowest BCUT2D eigenvalue weighted by Crippen LogP contribution is -2.32. The van der Waals surface area contributed by atoms with Crippen molar-refractivity contribution in [1.82, 2.24) is 20.0 Å². The first-order valence-electron chi connectivity index (χ1n) is 11.5. The molecule has 1 aromatic carbocycles. The summed E-state index contributed by atoms with van der Waals surface area (Å²) in [6.07, 6.45) is 2.43. The van der Waals surface area contributed by atoms with Gasteiger partial charge in [0.05, 0.1) is 16.6 Å². The number of benzene rings is 1. The minimum absolute atomic E-state index is 0.0600. The van der Waals surface area contributed by atoms with E-state index in [9.17, 15) is 9.59 Å². The molecule has 8 nitrogen and oxygen atoms in total. The quantitative estimate of drug-likeness (QED) is 0.345. The topological polar surface area (TPSA) is 93.0 Å². The van der Waals surface area contributed by atoms with Gasteiger partial charge < -0.3 is 5.32 Å². The largest absolute Gasteiger partial charge is 0.310 e. The van der Waals surface area contributed by atoms with Gasteiger partial charge in [0.25, 0.3) is 0 Å². The molecule has 1 aliphatic rings. The molecule has 4 rings (SSSR count). The van der Waals surface area contributed by atoms with E-state index in [0.717, 1.165) is 24.2 Å². The van der Waals surface area contributed by atoms with Crippen molar-refractivity contribution in [2.24, 2.45) is 0 Å². The van der Waals surface area contributed by atoms with Crippen LogP contribution in [0.5, 0.6) is 0 Å². The van der Waals surface area contributed by atoms with Crippen LogP contribution in [0.3, 0.4) is 0 Å². The molecule has 0 saturated heterocycles. The molecular weight excluding hydrogens is 468 g/mol. The molecule has 1 aliphatic carbocycles. The van der Waals surface area contributed by atoms with Gasteiger partial charge in [-0.1, -0.05) is 69.0 Å². The van der Waals surface area contributed by atoms with E-state index in [4.69, 9.17) is 5.10 Å². The Balaban J connectivity index is 1.49. The Hall–Kier alpha value is -2.72. The predicted octanol–water partition coefficient (Wildman–Crippen LogP) is 5.05. The molecule has 34 heavy (non-hydrogen) atoms.